The van der Waals surface area contributed by atoms with Gasteiger partial charge in [0.25, 0.3) is 0 Å². The van der Waals surface area contributed by atoms with Gasteiger partial charge in [0, 0.05) is 24.3 Å². The molecule has 4 nitrogen and oxygen atoms in total. The lowest BCUT2D eigenvalue weighted by Crippen LogP contribution is -2.33. The number of hydrogen-bond donors (Lipinski definition) is 2. The summed E-state index contributed by atoms with van der Waals surface area (Å²) in [5.41, 5.74) is 6.08. The number of benzene rings is 1. The maximum atomic E-state index is 13.5. The van der Waals surface area contributed by atoms with Gasteiger partial charge in [0.05, 0.1) is 6.10 Å². The Hall–Kier alpha value is -1.53. The van der Waals surface area contributed by atoms with Crippen LogP contribution in [0.1, 0.15) is 31.7 Å². The number of anilines is 1. The molecule has 1 aromatic rings. The number of nitrogens with one attached hydrogen (secondary N) is 1. The van der Waals surface area contributed by atoms with Crippen LogP contribution in [0, 0.1) is 11.7 Å². The maximum Gasteiger partial charge on any atom is 0.224 e. The van der Waals surface area contributed by atoms with Gasteiger partial charge in [0.15, 0.2) is 0 Å². The molecule has 0 bridgehead atoms. The summed E-state index contributed by atoms with van der Waals surface area (Å²) in [5, 5.41) is 2.75. The summed E-state index contributed by atoms with van der Waals surface area (Å²) in [4.78, 5) is 11.9. The van der Waals surface area contributed by atoms with Gasteiger partial charge in [-0.15, -0.1) is 0 Å². The van der Waals surface area contributed by atoms with Crippen LogP contribution in [0.4, 0.5) is 10.1 Å². The van der Waals surface area contributed by atoms with Gasteiger partial charge in [0.1, 0.15) is 10.8 Å². The largest absolute Gasteiger partial charge is 0.389 e. The SMILES string of the molecule is CCOC1CC(CC(=O)Nc2ccc(F)c(C(N)=S)c2)C1. The average molecular weight is 310 g/mol. The molecule has 3 N–H and O–H groups in total. The van der Waals surface area contributed by atoms with Crippen LogP contribution < -0.4 is 11.1 Å². The molecule has 1 fully saturated rings. The third kappa shape index (κ3) is 4.22. The highest BCUT2D eigenvalue weighted by Crippen LogP contribution is 2.32. The van der Waals surface area contributed by atoms with Gasteiger partial charge < -0.3 is 15.8 Å². The van der Waals surface area contributed by atoms with Gasteiger partial charge in [-0.3, -0.25) is 4.79 Å². The van der Waals surface area contributed by atoms with E-state index >= 15 is 0 Å². The third-order valence-electron chi connectivity index (χ3n) is 3.58. The van der Waals surface area contributed by atoms with E-state index in [1.807, 2.05) is 6.92 Å². The van der Waals surface area contributed by atoms with Gasteiger partial charge in [-0.1, -0.05) is 12.2 Å². The molecule has 1 aliphatic carbocycles. The molecule has 21 heavy (non-hydrogen) atoms. The van der Waals surface area contributed by atoms with Crippen molar-refractivity contribution in [1.29, 1.82) is 0 Å². The second kappa shape index (κ2) is 6.95. The van der Waals surface area contributed by atoms with Crippen LogP contribution in [0.3, 0.4) is 0 Å². The lowest BCUT2D eigenvalue weighted by Gasteiger charge is -2.34. The summed E-state index contributed by atoms with van der Waals surface area (Å²) in [6.07, 6.45) is 2.58. The molecule has 2 rings (SSSR count). The van der Waals surface area contributed by atoms with E-state index in [9.17, 15) is 9.18 Å². The highest BCUT2D eigenvalue weighted by Gasteiger charge is 2.31. The van der Waals surface area contributed by atoms with Crippen LogP contribution in [0.15, 0.2) is 18.2 Å². The normalized spacial score (nSPS) is 20.7. The van der Waals surface area contributed by atoms with Gasteiger partial charge in [-0.2, -0.15) is 0 Å². The van der Waals surface area contributed by atoms with E-state index in [0.29, 0.717) is 30.7 Å². The monoisotopic (exact) mass is 310 g/mol. The van der Waals surface area contributed by atoms with E-state index in [1.54, 1.807) is 0 Å². The molecule has 6 heteroatoms. The van der Waals surface area contributed by atoms with E-state index in [4.69, 9.17) is 22.7 Å². The minimum Gasteiger partial charge on any atom is -0.389 e. The van der Waals surface area contributed by atoms with Crippen LogP contribution in [-0.2, 0) is 9.53 Å². The van der Waals surface area contributed by atoms with E-state index in [0.717, 1.165) is 12.8 Å². The number of amides is 1. The maximum absolute atomic E-state index is 13.5. The fourth-order valence-corrected chi connectivity index (χ4v) is 2.64. The first-order valence-electron chi connectivity index (χ1n) is 7.00. The predicted molar refractivity (Wildman–Crippen MR) is 83.7 cm³/mol. The molecule has 0 heterocycles. The fraction of sp³-hybridized carbons (Fsp3) is 0.467. The minimum absolute atomic E-state index is 0.0258. The first-order valence-corrected chi connectivity index (χ1v) is 7.41. The molecule has 1 amide bonds. The Morgan fingerprint density at radius 1 is 1.52 bits per heavy atom. The molecule has 1 aliphatic rings. The van der Waals surface area contributed by atoms with Crippen molar-refractivity contribution in [2.45, 2.75) is 32.3 Å². The average Bonchev–Trinajstić information content (AvgIpc) is 2.38. The highest BCUT2D eigenvalue weighted by molar-refractivity contribution is 7.80. The number of halogens is 1. The molecule has 114 valence electrons. The molecule has 0 spiro atoms. The summed E-state index contributed by atoms with van der Waals surface area (Å²) in [6, 6.07) is 4.21. The number of nitrogens with two attached hydrogens (primary N) is 1. The highest BCUT2D eigenvalue weighted by atomic mass is 32.1. The molecule has 0 atom stereocenters. The number of hydrogen-bond acceptors (Lipinski definition) is 3. The molecule has 1 saturated carbocycles. The van der Waals surface area contributed by atoms with E-state index in [2.05, 4.69) is 5.32 Å². The van der Waals surface area contributed by atoms with Crippen molar-refractivity contribution in [2.75, 3.05) is 11.9 Å². The van der Waals surface area contributed by atoms with E-state index < -0.39 is 5.82 Å². The van der Waals surface area contributed by atoms with Crippen molar-refractivity contribution in [1.82, 2.24) is 0 Å². The van der Waals surface area contributed by atoms with Crippen LogP contribution in [0.2, 0.25) is 0 Å². The Morgan fingerprint density at radius 2 is 2.24 bits per heavy atom. The van der Waals surface area contributed by atoms with Crippen LogP contribution in [0.5, 0.6) is 0 Å². The van der Waals surface area contributed by atoms with Gasteiger partial charge in [-0.05, 0) is 43.9 Å². The van der Waals surface area contributed by atoms with Crippen molar-refractivity contribution < 1.29 is 13.9 Å². The molecule has 0 radical (unpaired) electrons. The van der Waals surface area contributed by atoms with Crippen molar-refractivity contribution in [3.05, 3.63) is 29.6 Å². The zero-order valence-corrected chi connectivity index (χ0v) is 12.7. The summed E-state index contributed by atoms with van der Waals surface area (Å²) < 4.78 is 18.9. The minimum atomic E-state index is -0.487. The Morgan fingerprint density at radius 3 is 2.86 bits per heavy atom. The van der Waals surface area contributed by atoms with Crippen LogP contribution >= 0.6 is 12.2 Å². The van der Waals surface area contributed by atoms with Crippen molar-refractivity contribution in [2.24, 2.45) is 11.7 Å². The van der Waals surface area contributed by atoms with Gasteiger partial charge in [-0.25, -0.2) is 4.39 Å². The lowest BCUT2D eigenvalue weighted by atomic mass is 9.80. The standard InChI is InChI=1S/C15H19FN2O2S/c1-2-20-11-5-9(6-11)7-14(19)18-10-3-4-13(16)12(8-10)15(17)21/h3-4,8-9,11H,2,5-7H2,1H3,(H2,17,21)(H,18,19). The topological polar surface area (TPSA) is 64.3 Å². The number of carbonyl (C=O) groups excluding carboxylic acids is 1. The Bertz CT molecular complexity index is 544. The summed E-state index contributed by atoms with van der Waals surface area (Å²) in [6.45, 7) is 2.68. The lowest BCUT2D eigenvalue weighted by molar-refractivity contribution is -0.119. The van der Waals surface area contributed by atoms with Gasteiger partial charge >= 0.3 is 0 Å². The van der Waals surface area contributed by atoms with E-state index in [-0.39, 0.29) is 16.5 Å². The molecule has 0 aromatic heterocycles. The second-order valence-corrected chi connectivity index (χ2v) is 5.67. The number of carbonyl (C=O) groups is 1. The molecule has 1 aromatic carbocycles. The molecular formula is C15H19FN2O2S. The Kier molecular flexibility index (Phi) is 5.25. The molecular weight excluding hydrogens is 291 g/mol. The Balaban J connectivity index is 1.86. The first kappa shape index (κ1) is 15.9. The zero-order valence-electron chi connectivity index (χ0n) is 11.9. The Labute approximate surface area is 128 Å². The smallest absolute Gasteiger partial charge is 0.224 e. The molecule has 0 saturated heterocycles. The number of ether oxygens (including phenoxy) is 1. The second-order valence-electron chi connectivity index (χ2n) is 5.23. The van der Waals surface area contributed by atoms with Crippen LogP contribution in [0.25, 0.3) is 0 Å². The number of thiocarbonyl (C=S) groups is 1. The van der Waals surface area contributed by atoms with Gasteiger partial charge in [0.2, 0.25) is 5.91 Å². The first-order chi connectivity index (χ1) is 9.99. The van der Waals surface area contributed by atoms with E-state index in [1.165, 1.54) is 18.2 Å². The predicted octanol–water partition coefficient (Wildman–Crippen LogP) is 2.60. The van der Waals surface area contributed by atoms with Crippen molar-refractivity contribution >= 4 is 28.8 Å². The quantitative estimate of drug-likeness (QED) is 0.793. The number of rotatable bonds is 6. The van der Waals surface area contributed by atoms with Crippen molar-refractivity contribution in [3.8, 4) is 0 Å². The summed E-state index contributed by atoms with van der Waals surface area (Å²) >= 11 is 4.77. The summed E-state index contributed by atoms with van der Waals surface area (Å²) in [7, 11) is 0. The molecule has 0 aliphatic heterocycles. The summed E-state index contributed by atoms with van der Waals surface area (Å²) in [5.74, 6) is -0.216. The third-order valence-corrected chi connectivity index (χ3v) is 3.80. The van der Waals surface area contributed by atoms with Crippen LogP contribution in [-0.4, -0.2) is 23.6 Å². The zero-order chi connectivity index (χ0) is 15.4. The van der Waals surface area contributed by atoms with Crippen molar-refractivity contribution in [3.63, 3.8) is 0 Å². The fourth-order valence-electron chi connectivity index (χ4n) is 2.48. The molecule has 0 unspecified atom stereocenters.